The lowest BCUT2D eigenvalue weighted by Crippen LogP contribution is -2.51. The van der Waals surface area contributed by atoms with Crippen molar-refractivity contribution in [3.63, 3.8) is 0 Å². The molecule has 0 aliphatic rings. The van der Waals surface area contributed by atoms with Crippen molar-refractivity contribution in [1.29, 1.82) is 0 Å². The molecule has 6 heteroatoms. The Bertz CT molecular complexity index is 807. The topological polar surface area (TPSA) is 49.4 Å². The molecule has 0 fully saturated rings. The first-order valence-corrected chi connectivity index (χ1v) is 10.7. The number of nitrogens with zero attached hydrogens (tertiary/aromatic N) is 1. The Morgan fingerprint density at radius 2 is 1.59 bits per heavy atom. The van der Waals surface area contributed by atoms with Crippen LogP contribution in [0, 0.1) is 0 Å². The fraction of sp³-hybridized carbons (Fsp3) is 0.391. The first-order chi connectivity index (χ1) is 13.9. The summed E-state index contributed by atoms with van der Waals surface area (Å²) in [5.74, 6) is -0.327. The summed E-state index contributed by atoms with van der Waals surface area (Å²) in [6.45, 7) is 6.22. The molecule has 0 saturated heterocycles. The Kier molecular flexibility index (Phi) is 8.99. The zero-order valence-corrected chi connectivity index (χ0v) is 18.6. The number of benzene rings is 2. The van der Waals surface area contributed by atoms with Gasteiger partial charge >= 0.3 is 0 Å². The summed E-state index contributed by atoms with van der Waals surface area (Å²) in [5.41, 5.74) is 1.54. The molecular formula is C23H28Cl2N2O2. The summed E-state index contributed by atoms with van der Waals surface area (Å²) in [4.78, 5) is 27.9. The molecule has 2 amide bonds. The van der Waals surface area contributed by atoms with Crippen molar-refractivity contribution >= 4 is 35.0 Å². The Morgan fingerprint density at radius 3 is 2.14 bits per heavy atom. The molecule has 156 valence electrons. The molecule has 1 N–H and O–H groups in total. The number of hydrogen-bond acceptors (Lipinski definition) is 2. The minimum atomic E-state index is -0.571. The van der Waals surface area contributed by atoms with Crippen LogP contribution < -0.4 is 5.32 Å². The zero-order valence-electron chi connectivity index (χ0n) is 17.1. The predicted octanol–water partition coefficient (Wildman–Crippen LogP) is 5.26. The lowest BCUT2D eigenvalue weighted by Gasteiger charge is -2.31. The predicted molar refractivity (Wildman–Crippen MR) is 119 cm³/mol. The molecule has 0 bridgehead atoms. The maximum atomic E-state index is 13.3. The van der Waals surface area contributed by atoms with Gasteiger partial charge in [-0.15, -0.1) is 0 Å². The number of rotatable bonds is 9. The van der Waals surface area contributed by atoms with E-state index in [1.807, 2.05) is 51.1 Å². The quantitative estimate of drug-likeness (QED) is 0.584. The molecular weight excluding hydrogens is 407 g/mol. The highest BCUT2D eigenvalue weighted by atomic mass is 35.5. The van der Waals surface area contributed by atoms with Crippen LogP contribution in [0.1, 0.15) is 44.7 Å². The lowest BCUT2D eigenvalue weighted by atomic mass is 10.1. The van der Waals surface area contributed by atoms with Crippen LogP contribution in [0.4, 0.5) is 0 Å². The van der Waals surface area contributed by atoms with E-state index < -0.39 is 6.04 Å². The maximum absolute atomic E-state index is 13.3. The fourth-order valence-corrected chi connectivity index (χ4v) is 3.63. The van der Waals surface area contributed by atoms with Gasteiger partial charge in [0.05, 0.1) is 6.42 Å². The summed E-state index contributed by atoms with van der Waals surface area (Å²) in [6, 6.07) is 14.3. The molecule has 0 aliphatic heterocycles. The van der Waals surface area contributed by atoms with Crippen molar-refractivity contribution in [3.8, 4) is 0 Å². The first-order valence-electron chi connectivity index (χ1n) is 9.94. The highest BCUT2D eigenvalue weighted by molar-refractivity contribution is 6.36. The van der Waals surface area contributed by atoms with Crippen molar-refractivity contribution in [2.24, 2.45) is 0 Å². The molecule has 2 aromatic rings. The van der Waals surface area contributed by atoms with E-state index in [0.717, 1.165) is 12.0 Å². The fourth-order valence-electron chi connectivity index (χ4n) is 3.09. The standard InChI is InChI=1S/C23H28Cl2N2O2/c1-4-16(3)26-23(29)21(5-2)27(15-17-10-7-6-8-11-17)22(28)14-18-19(24)12-9-13-20(18)25/h6-13,16,21H,4-5,14-15H2,1-3H3,(H,26,29)/t16-,21-/m0/s1. The number of amides is 2. The number of halogens is 2. The van der Waals surface area contributed by atoms with Gasteiger partial charge in [0.25, 0.3) is 0 Å². The highest BCUT2D eigenvalue weighted by Crippen LogP contribution is 2.26. The van der Waals surface area contributed by atoms with Gasteiger partial charge in [0.2, 0.25) is 11.8 Å². The molecule has 0 heterocycles. The van der Waals surface area contributed by atoms with Crippen LogP contribution in [0.25, 0.3) is 0 Å². The van der Waals surface area contributed by atoms with E-state index in [1.54, 1.807) is 23.1 Å². The van der Waals surface area contributed by atoms with Crippen LogP contribution in [0.3, 0.4) is 0 Å². The number of carbonyl (C=O) groups is 2. The van der Waals surface area contributed by atoms with E-state index in [0.29, 0.717) is 28.6 Å². The van der Waals surface area contributed by atoms with Crippen LogP contribution in [-0.4, -0.2) is 28.8 Å². The molecule has 4 nitrogen and oxygen atoms in total. The molecule has 0 unspecified atom stereocenters. The number of carbonyl (C=O) groups excluding carboxylic acids is 2. The second-order valence-electron chi connectivity index (χ2n) is 7.13. The molecule has 2 atom stereocenters. The van der Waals surface area contributed by atoms with Crippen LogP contribution in [0.2, 0.25) is 10.0 Å². The van der Waals surface area contributed by atoms with Gasteiger partial charge < -0.3 is 10.2 Å². The monoisotopic (exact) mass is 434 g/mol. The van der Waals surface area contributed by atoms with E-state index in [-0.39, 0.29) is 24.3 Å². The molecule has 0 aromatic heterocycles. The zero-order chi connectivity index (χ0) is 21.4. The van der Waals surface area contributed by atoms with Gasteiger partial charge in [0, 0.05) is 22.6 Å². The summed E-state index contributed by atoms with van der Waals surface area (Å²) >= 11 is 12.5. The number of hydrogen-bond donors (Lipinski definition) is 1. The molecule has 2 aromatic carbocycles. The van der Waals surface area contributed by atoms with Gasteiger partial charge in [-0.05, 0) is 43.0 Å². The molecule has 29 heavy (non-hydrogen) atoms. The average Bonchev–Trinajstić information content (AvgIpc) is 2.71. The first kappa shape index (κ1) is 23.2. The molecule has 0 spiro atoms. The van der Waals surface area contributed by atoms with E-state index >= 15 is 0 Å². The minimum Gasteiger partial charge on any atom is -0.352 e. The smallest absolute Gasteiger partial charge is 0.243 e. The van der Waals surface area contributed by atoms with Gasteiger partial charge in [-0.2, -0.15) is 0 Å². The third-order valence-corrected chi connectivity index (χ3v) is 5.68. The molecule has 0 aliphatic carbocycles. The molecule has 0 saturated carbocycles. The van der Waals surface area contributed by atoms with Crippen LogP contribution in [-0.2, 0) is 22.6 Å². The minimum absolute atomic E-state index is 0.0401. The number of nitrogens with one attached hydrogen (secondary N) is 1. The Balaban J connectivity index is 2.32. The Morgan fingerprint density at radius 1 is 0.966 bits per heavy atom. The second kappa shape index (κ2) is 11.2. The summed E-state index contributed by atoms with van der Waals surface area (Å²) in [6.07, 6.45) is 1.37. The third kappa shape index (κ3) is 6.48. The lowest BCUT2D eigenvalue weighted by molar-refractivity contribution is -0.141. The Hall–Kier alpha value is -2.04. The second-order valence-corrected chi connectivity index (χ2v) is 7.94. The van der Waals surface area contributed by atoms with Crippen molar-refractivity contribution in [2.45, 2.75) is 58.7 Å². The maximum Gasteiger partial charge on any atom is 0.243 e. The Labute approximate surface area is 183 Å². The van der Waals surface area contributed by atoms with E-state index in [2.05, 4.69) is 5.32 Å². The summed E-state index contributed by atoms with van der Waals surface area (Å²) in [7, 11) is 0. The van der Waals surface area contributed by atoms with Gasteiger partial charge in [0.1, 0.15) is 6.04 Å². The third-order valence-electron chi connectivity index (χ3n) is 4.97. The van der Waals surface area contributed by atoms with Gasteiger partial charge in [-0.3, -0.25) is 9.59 Å². The molecule has 0 radical (unpaired) electrons. The SMILES string of the molecule is CC[C@H](C)NC(=O)[C@H](CC)N(Cc1ccccc1)C(=O)Cc1c(Cl)cccc1Cl. The van der Waals surface area contributed by atoms with E-state index in [4.69, 9.17) is 23.2 Å². The normalized spacial score (nSPS) is 12.9. The van der Waals surface area contributed by atoms with Gasteiger partial charge in [0.15, 0.2) is 0 Å². The van der Waals surface area contributed by atoms with Crippen LogP contribution >= 0.6 is 23.2 Å². The van der Waals surface area contributed by atoms with Crippen LogP contribution in [0.5, 0.6) is 0 Å². The van der Waals surface area contributed by atoms with Crippen molar-refractivity contribution in [2.75, 3.05) is 0 Å². The van der Waals surface area contributed by atoms with Crippen molar-refractivity contribution in [1.82, 2.24) is 10.2 Å². The average molecular weight is 435 g/mol. The van der Waals surface area contributed by atoms with Gasteiger partial charge in [-0.1, -0.05) is 73.4 Å². The summed E-state index contributed by atoms with van der Waals surface area (Å²) < 4.78 is 0. The highest BCUT2D eigenvalue weighted by Gasteiger charge is 2.29. The molecule has 2 rings (SSSR count). The summed E-state index contributed by atoms with van der Waals surface area (Å²) in [5, 5.41) is 3.90. The van der Waals surface area contributed by atoms with Crippen molar-refractivity contribution in [3.05, 3.63) is 69.7 Å². The van der Waals surface area contributed by atoms with E-state index in [9.17, 15) is 9.59 Å². The van der Waals surface area contributed by atoms with Gasteiger partial charge in [-0.25, -0.2) is 0 Å². The van der Waals surface area contributed by atoms with Crippen LogP contribution in [0.15, 0.2) is 48.5 Å². The van der Waals surface area contributed by atoms with E-state index in [1.165, 1.54) is 0 Å². The van der Waals surface area contributed by atoms with Crippen molar-refractivity contribution < 1.29 is 9.59 Å². The largest absolute Gasteiger partial charge is 0.352 e.